The first-order valence-corrected chi connectivity index (χ1v) is 12.2. The molecule has 0 aromatic carbocycles. The molecule has 2 rings (SSSR count). The fourth-order valence-corrected chi connectivity index (χ4v) is 4.69. The van der Waals surface area contributed by atoms with Crippen LogP contribution in [-0.2, 0) is 20.7 Å². The molecule has 3 N–H and O–H groups in total. The van der Waals surface area contributed by atoms with Crippen molar-refractivity contribution < 1.29 is 19.4 Å². The molecule has 0 aliphatic heterocycles. The van der Waals surface area contributed by atoms with Gasteiger partial charge < -0.3 is 15.6 Å². The fraction of sp³-hybridized carbons (Fsp3) is 0.600. The third-order valence-electron chi connectivity index (χ3n) is 5.95. The van der Waals surface area contributed by atoms with Crippen LogP contribution in [0.2, 0.25) is 0 Å². The van der Waals surface area contributed by atoms with E-state index in [1.54, 1.807) is 11.3 Å². The average molecular weight is 446 g/mol. The minimum absolute atomic E-state index is 0.0608. The van der Waals surface area contributed by atoms with Gasteiger partial charge in [0, 0.05) is 23.5 Å². The van der Waals surface area contributed by atoms with Crippen LogP contribution in [0.25, 0.3) is 0 Å². The van der Waals surface area contributed by atoms with Crippen LogP contribution in [0.3, 0.4) is 0 Å². The summed E-state index contributed by atoms with van der Waals surface area (Å²) in [6.07, 6.45) is 14.3. The molecule has 0 amide bonds. The average Bonchev–Trinajstić information content (AvgIpc) is 3.23. The second-order valence-electron chi connectivity index (χ2n) is 8.46. The summed E-state index contributed by atoms with van der Waals surface area (Å²) in [6.45, 7) is 2.02. The van der Waals surface area contributed by atoms with E-state index in [4.69, 9.17) is 15.6 Å². The summed E-state index contributed by atoms with van der Waals surface area (Å²) >= 11 is 1.69. The lowest BCUT2D eigenvalue weighted by atomic mass is 9.86. The zero-order chi connectivity index (χ0) is 22.5. The van der Waals surface area contributed by atoms with E-state index in [9.17, 15) is 9.59 Å². The van der Waals surface area contributed by atoms with Crippen LogP contribution >= 0.6 is 11.3 Å². The van der Waals surface area contributed by atoms with Gasteiger partial charge in [-0.05, 0) is 50.2 Å². The first-order chi connectivity index (χ1) is 14.9. The third-order valence-corrected chi connectivity index (χ3v) is 7.01. The van der Waals surface area contributed by atoms with E-state index in [2.05, 4.69) is 24.0 Å². The monoisotopic (exact) mass is 445 g/mol. The van der Waals surface area contributed by atoms with Gasteiger partial charge in [0.2, 0.25) is 0 Å². The molecule has 1 atom stereocenters. The first kappa shape index (κ1) is 25.2. The molecule has 1 aromatic rings. The largest absolute Gasteiger partial charge is 0.478 e. The maximum Gasteiger partial charge on any atom is 0.331 e. The van der Waals surface area contributed by atoms with Gasteiger partial charge >= 0.3 is 11.9 Å². The van der Waals surface area contributed by atoms with E-state index in [1.807, 2.05) is 6.92 Å². The highest BCUT2D eigenvalue weighted by Gasteiger charge is 2.24. The Morgan fingerprint density at radius 3 is 2.77 bits per heavy atom. The number of carbonyl (C=O) groups is 2. The van der Waals surface area contributed by atoms with Crippen LogP contribution in [0.1, 0.15) is 80.9 Å². The predicted octanol–water partition coefficient (Wildman–Crippen LogP) is 5.07. The zero-order valence-electron chi connectivity index (χ0n) is 18.5. The molecule has 1 unspecified atom stereocenters. The minimum atomic E-state index is -1.19. The lowest BCUT2D eigenvalue weighted by Gasteiger charge is -2.27. The van der Waals surface area contributed by atoms with E-state index in [1.165, 1.54) is 49.8 Å². The van der Waals surface area contributed by atoms with Gasteiger partial charge in [-0.3, -0.25) is 0 Å². The van der Waals surface area contributed by atoms with Crippen LogP contribution in [-0.4, -0.2) is 29.2 Å². The molecule has 31 heavy (non-hydrogen) atoms. The number of nitrogens with two attached hydrogens (primary N) is 1. The molecule has 1 aliphatic rings. The van der Waals surface area contributed by atoms with E-state index < -0.39 is 17.5 Å². The molecule has 1 fully saturated rings. The molecule has 5 nitrogen and oxygen atoms in total. The molecule has 0 saturated heterocycles. The summed E-state index contributed by atoms with van der Waals surface area (Å²) in [7, 11) is 0. The second kappa shape index (κ2) is 13.3. The number of carboxylic acid groups (broad SMARTS) is 1. The molecule has 0 radical (unpaired) electrons. The standard InChI is InChI=1S/C25H35NO4S/c1-2-25(26,19-30-24(29)16-15-23(27)28)18-17-22-14-13-21(31-22)12-8-4-7-11-20-9-5-3-6-10-20/h13-16,20H,2-7,9-11,17-19,26H2,1H3,(H,27,28). The smallest absolute Gasteiger partial charge is 0.331 e. The van der Waals surface area contributed by atoms with Crippen LogP contribution in [0.15, 0.2) is 24.3 Å². The predicted molar refractivity (Wildman–Crippen MR) is 125 cm³/mol. The van der Waals surface area contributed by atoms with Gasteiger partial charge in [-0.25, -0.2) is 9.59 Å². The number of esters is 1. The molecule has 0 bridgehead atoms. The zero-order valence-corrected chi connectivity index (χ0v) is 19.3. The minimum Gasteiger partial charge on any atom is -0.478 e. The number of rotatable bonds is 11. The van der Waals surface area contributed by atoms with E-state index in [0.717, 1.165) is 35.8 Å². The number of carbonyl (C=O) groups excluding carboxylic acids is 1. The molecule has 1 aliphatic carbocycles. The quantitative estimate of drug-likeness (QED) is 0.215. The maximum atomic E-state index is 11.6. The molecule has 1 saturated carbocycles. The lowest BCUT2D eigenvalue weighted by molar-refractivity contribution is -0.140. The van der Waals surface area contributed by atoms with Crippen molar-refractivity contribution in [2.45, 2.75) is 83.1 Å². The van der Waals surface area contributed by atoms with Crippen LogP contribution in [0.5, 0.6) is 0 Å². The summed E-state index contributed by atoms with van der Waals surface area (Å²) in [4.78, 5) is 24.3. The Bertz CT molecular complexity index is 798. The van der Waals surface area contributed by atoms with Crippen LogP contribution in [0, 0.1) is 17.8 Å². The van der Waals surface area contributed by atoms with Gasteiger partial charge in [-0.1, -0.05) is 50.9 Å². The normalized spacial score (nSPS) is 16.5. The maximum absolute atomic E-state index is 11.6. The third kappa shape index (κ3) is 10.2. The van der Waals surface area contributed by atoms with Crippen molar-refractivity contribution in [1.82, 2.24) is 0 Å². The summed E-state index contributed by atoms with van der Waals surface area (Å²) in [5.74, 6) is 5.65. The van der Waals surface area contributed by atoms with Gasteiger partial charge in [-0.2, -0.15) is 0 Å². The van der Waals surface area contributed by atoms with Crippen molar-refractivity contribution in [3.05, 3.63) is 34.0 Å². The summed E-state index contributed by atoms with van der Waals surface area (Å²) in [5.41, 5.74) is 5.75. The number of unbranched alkanes of at least 4 members (excludes halogenated alkanes) is 1. The molecule has 1 aromatic heterocycles. The number of hydrogen-bond acceptors (Lipinski definition) is 5. The Balaban J connectivity index is 1.73. The molecule has 1 heterocycles. The molecule has 6 heteroatoms. The van der Waals surface area contributed by atoms with Crippen molar-refractivity contribution in [3.8, 4) is 11.8 Å². The van der Waals surface area contributed by atoms with Crippen molar-refractivity contribution in [3.63, 3.8) is 0 Å². The number of ether oxygens (including phenoxy) is 1. The molecular formula is C25H35NO4S. The Morgan fingerprint density at radius 1 is 1.29 bits per heavy atom. The Kier molecular flexibility index (Phi) is 10.8. The molecule has 0 spiro atoms. The first-order valence-electron chi connectivity index (χ1n) is 11.3. The highest BCUT2D eigenvalue weighted by molar-refractivity contribution is 7.12. The van der Waals surface area contributed by atoms with Crippen molar-refractivity contribution in [2.24, 2.45) is 11.7 Å². The van der Waals surface area contributed by atoms with Crippen molar-refractivity contribution in [2.75, 3.05) is 6.61 Å². The van der Waals surface area contributed by atoms with E-state index in [-0.39, 0.29) is 6.61 Å². The summed E-state index contributed by atoms with van der Waals surface area (Å²) < 4.78 is 5.13. The lowest BCUT2D eigenvalue weighted by Crippen LogP contribution is -2.44. The van der Waals surface area contributed by atoms with Gasteiger partial charge in [0.05, 0.1) is 10.4 Å². The van der Waals surface area contributed by atoms with E-state index >= 15 is 0 Å². The number of aryl methyl sites for hydroxylation is 1. The fourth-order valence-electron chi connectivity index (χ4n) is 3.81. The highest BCUT2D eigenvalue weighted by atomic mass is 32.1. The second-order valence-corrected chi connectivity index (χ2v) is 9.63. The van der Waals surface area contributed by atoms with Crippen LogP contribution < -0.4 is 5.73 Å². The Labute approximate surface area is 190 Å². The van der Waals surface area contributed by atoms with Gasteiger partial charge in [-0.15, -0.1) is 11.3 Å². The van der Waals surface area contributed by atoms with Gasteiger partial charge in [0.1, 0.15) is 6.61 Å². The highest BCUT2D eigenvalue weighted by Crippen LogP contribution is 2.27. The summed E-state index contributed by atoms with van der Waals surface area (Å²) in [5, 5.41) is 8.56. The van der Waals surface area contributed by atoms with Gasteiger partial charge in [0.25, 0.3) is 0 Å². The topological polar surface area (TPSA) is 89.6 Å². The number of thiophene rings is 1. The number of hydrogen-bond donors (Lipinski definition) is 2. The summed E-state index contributed by atoms with van der Waals surface area (Å²) in [6, 6.07) is 4.16. The van der Waals surface area contributed by atoms with Crippen molar-refractivity contribution in [1.29, 1.82) is 0 Å². The molecule has 170 valence electrons. The Morgan fingerprint density at radius 2 is 2.06 bits per heavy atom. The molecular weight excluding hydrogens is 410 g/mol. The Hall–Kier alpha value is -2.10. The van der Waals surface area contributed by atoms with Crippen LogP contribution in [0.4, 0.5) is 0 Å². The van der Waals surface area contributed by atoms with Gasteiger partial charge in [0.15, 0.2) is 0 Å². The number of aliphatic carboxylic acids is 1. The SMILES string of the molecule is CCC(N)(CCc1ccc(C#CCCCC2CCCCC2)s1)COC(=O)C=CC(=O)O. The number of carboxylic acids is 1. The van der Waals surface area contributed by atoms with Crippen molar-refractivity contribution >= 4 is 23.3 Å². The van der Waals surface area contributed by atoms with E-state index in [0.29, 0.717) is 12.8 Å².